The minimum Gasteiger partial charge on any atom is -0.369 e. The van der Waals surface area contributed by atoms with Gasteiger partial charge in [-0.25, -0.2) is 4.99 Å². The number of hydrogen-bond donors (Lipinski definition) is 3. The number of pyridine rings is 1. The van der Waals surface area contributed by atoms with Crippen molar-refractivity contribution in [3.8, 4) is 0 Å². The summed E-state index contributed by atoms with van der Waals surface area (Å²) in [6.07, 6.45) is 1.53. The van der Waals surface area contributed by atoms with Gasteiger partial charge in [0.05, 0.1) is 16.8 Å². The molecule has 4 N–H and O–H groups in total. The van der Waals surface area contributed by atoms with Gasteiger partial charge in [0.1, 0.15) is 0 Å². The molecular formula is C19H17N5O2. The van der Waals surface area contributed by atoms with Crippen LogP contribution in [0.4, 0.5) is 11.4 Å². The molecule has 3 rings (SSSR count). The van der Waals surface area contributed by atoms with Gasteiger partial charge >= 0.3 is 0 Å². The maximum absolute atomic E-state index is 12.6. The van der Waals surface area contributed by atoms with Crippen LogP contribution in [0.15, 0.2) is 65.8 Å². The van der Waals surface area contributed by atoms with E-state index in [2.05, 4.69) is 20.6 Å². The number of nitrogens with one attached hydrogen (secondary N) is 2. The van der Waals surface area contributed by atoms with Gasteiger partial charge in [0.15, 0.2) is 0 Å². The van der Waals surface area contributed by atoms with Gasteiger partial charge in [-0.1, -0.05) is 18.2 Å². The molecular weight excluding hydrogens is 330 g/mol. The molecule has 3 aromatic rings. The van der Waals surface area contributed by atoms with E-state index in [4.69, 9.17) is 5.73 Å². The van der Waals surface area contributed by atoms with Gasteiger partial charge in [0, 0.05) is 24.2 Å². The Kier molecular flexibility index (Phi) is 4.89. The van der Waals surface area contributed by atoms with Crippen LogP contribution in [0.2, 0.25) is 0 Å². The molecule has 0 radical (unpaired) electrons. The number of aromatic nitrogens is 1. The number of benzene rings is 2. The molecule has 1 heterocycles. The predicted molar refractivity (Wildman–Crippen MR) is 101 cm³/mol. The van der Waals surface area contributed by atoms with Crippen LogP contribution in [-0.4, -0.2) is 22.8 Å². The van der Waals surface area contributed by atoms with Crippen LogP contribution in [-0.2, 0) is 4.79 Å². The molecule has 7 heteroatoms. The number of anilines is 1. The molecule has 0 fully saturated rings. The van der Waals surface area contributed by atoms with E-state index < -0.39 is 0 Å². The van der Waals surface area contributed by atoms with E-state index in [0.717, 1.165) is 0 Å². The number of carbonyl (C=O) groups excluding carboxylic acids is 2. The van der Waals surface area contributed by atoms with Crippen molar-refractivity contribution in [1.29, 1.82) is 0 Å². The van der Waals surface area contributed by atoms with Gasteiger partial charge in [-0.15, -0.1) is 0 Å². The average Bonchev–Trinajstić information content (AvgIpc) is 2.61. The first kappa shape index (κ1) is 17.1. The molecule has 7 nitrogen and oxygen atoms in total. The molecule has 26 heavy (non-hydrogen) atoms. The quantitative estimate of drug-likeness (QED) is 0.499. The fraction of sp³-hybridized carbons (Fsp3) is 0.0526. The molecule has 0 saturated carbocycles. The van der Waals surface area contributed by atoms with Crippen molar-refractivity contribution in [3.05, 3.63) is 66.4 Å². The molecule has 0 atom stereocenters. The highest BCUT2D eigenvalue weighted by Gasteiger charge is 2.12. The van der Waals surface area contributed by atoms with E-state index in [1.807, 2.05) is 18.2 Å². The van der Waals surface area contributed by atoms with Crippen LogP contribution < -0.4 is 16.4 Å². The Morgan fingerprint density at radius 1 is 1.08 bits per heavy atom. The number of rotatable bonds is 3. The molecule has 2 aromatic carbocycles. The predicted octanol–water partition coefficient (Wildman–Crippen LogP) is 2.57. The van der Waals surface area contributed by atoms with Gasteiger partial charge in [0.2, 0.25) is 11.9 Å². The van der Waals surface area contributed by atoms with E-state index in [9.17, 15) is 9.59 Å². The van der Waals surface area contributed by atoms with Gasteiger partial charge in [-0.2, -0.15) is 0 Å². The van der Waals surface area contributed by atoms with Crippen LogP contribution in [0.1, 0.15) is 17.3 Å². The third-order valence-corrected chi connectivity index (χ3v) is 3.56. The Balaban J connectivity index is 1.86. The number of nitrogens with two attached hydrogens (primary N) is 1. The number of aliphatic imine (C=N–C) groups is 1. The summed E-state index contributed by atoms with van der Waals surface area (Å²) in [5.41, 5.74) is 8.07. The Hall–Kier alpha value is -3.74. The molecule has 130 valence electrons. The molecule has 0 saturated heterocycles. The first-order valence-electron chi connectivity index (χ1n) is 7.90. The summed E-state index contributed by atoms with van der Waals surface area (Å²) in [4.78, 5) is 32.1. The van der Waals surface area contributed by atoms with Crippen molar-refractivity contribution in [1.82, 2.24) is 10.3 Å². The summed E-state index contributed by atoms with van der Waals surface area (Å²) in [6.45, 7) is 1.43. The fourth-order valence-corrected chi connectivity index (χ4v) is 2.48. The Morgan fingerprint density at radius 2 is 1.85 bits per heavy atom. The lowest BCUT2D eigenvalue weighted by Gasteiger charge is -2.09. The number of guanidine groups is 1. The zero-order chi connectivity index (χ0) is 18.5. The second-order valence-electron chi connectivity index (χ2n) is 5.56. The highest BCUT2D eigenvalue weighted by Crippen LogP contribution is 2.21. The summed E-state index contributed by atoms with van der Waals surface area (Å²) < 4.78 is 0. The lowest BCUT2D eigenvalue weighted by Crippen LogP contribution is -2.36. The van der Waals surface area contributed by atoms with E-state index in [0.29, 0.717) is 27.8 Å². The summed E-state index contributed by atoms with van der Waals surface area (Å²) >= 11 is 0. The number of nitrogens with zero attached hydrogens (tertiary/aromatic N) is 2. The average molecular weight is 347 g/mol. The van der Waals surface area contributed by atoms with Crippen molar-refractivity contribution in [2.45, 2.75) is 6.92 Å². The van der Waals surface area contributed by atoms with Crippen LogP contribution in [0.25, 0.3) is 10.9 Å². The topological polar surface area (TPSA) is 109 Å². The smallest absolute Gasteiger partial charge is 0.258 e. The van der Waals surface area contributed by atoms with E-state index >= 15 is 0 Å². The fourth-order valence-electron chi connectivity index (χ4n) is 2.48. The zero-order valence-corrected chi connectivity index (χ0v) is 14.1. The molecule has 2 amide bonds. The Morgan fingerprint density at radius 3 is 2.58 bits per heavy atom. The van der Waals surface area contributed by atoms with Crippen LogP contribution >= 0.6 is 0 Å². The first-order valence-corrected chi connectivity index (χ1v) is 7.90. The number of para-hydroxylation sites is 1. The van der Waals surface area contributed by atoms with E-state index in [1.165, 1.54) is 13.1 Å². The van der Waals surface area contributed by atoms with Gasteiger partial charge in [-0.05, 0) is 36.4 Å². The largest absolute Gasteiger partial charge is 0.369 e. The monoisotopic (exact) mass is 347 g/mol. The molecule has 1 aromatic heterocycles. The van der Waals surface area contributed by atoms with E-state index in [1.54, 1.807) is 36.4 Å². The molecule has 0 bridgehead atoms. The maximum atomic E-state index is 12.6. The minimum atomic E-state index is -0.387. The van der Waals surface area contributed by atoms with Crippen molar-refractivity contribution in [3.63, 3.8) is 0 Å². The Bertz CT molecular complexity index is 999. The van der Waals surface area contributed by atoms with Gasteiger partial charge in [-0.3, -0.25) is 19.9 Å². The van der Waals surface area contributed by atoms with Crippen LogP contribution in [0.3, 0.4) is 0 Å². The third kappa shape index (κ3) is 4.02. The molecule has 0 aliphatic carbocycles. The van der Waals surface area contributed by atoms with Crippen molar-refractivity contribution in [2.24, 2.45) is 10.7 Å². The SMILES string of the molecule is CC(=O)Nc1ccc2c(C(=O)NC(N)=Nc3ccccc3)ccnc2c1. The van der Waals surface area contributed by atoms with Crippen LogP contribution in [0, 0.1) is 0 Å². The Labute approximate surface area is 150 Å². The third-order valence-electron chi connectivity index (χ3n) is 3.56. The van der Waals surface area contributed by atoms with Crippen molar-refractivity contribution in [2.75, 3.05) is 5.32 Å². The van der Waals surface area contributed by atoms with E-state index in [-0.39, 0.29) is 17.8 Å². The maximum Gasteiger partial charge on any atom is 0.258 e. The number of amides is 2. The molecule has 0 spiro atoms. The summed E-state index contributed by atoms with van der Waals surface area (Å²) in [5, 5.41) is 5.91. The second-order valence-corrected chi connectivity index (χ2v) is 5.56. The summed E-state index contributed by atoms with van der Waals surface area (Å²) in [6, 6.07) is 15.8. The normalized spacial score (nSPS) is 11.2. The number of fused-ring (bicyclic) bond motifs is 1. The van der Waals surface area contributed by atoms with Gasteiger partial charge in [0.25, 0.3) is 5.91 Å². The summed E-state index contributed by atoms with van der Waals surface area (Å²) in [5.74, 6) is -0.564. The van der Waals surface area contributed by atoms with Crippen molar-refractivity contribution < 1.29 is 9.59 Å². The second kappa shape index (κ2) is 7.43. The molecule has 0 aliphatic rings. The highest BCUT2D eigenvalue weighted by molar-refractivity contribution is 6.12. The summed E-state index contributed by atoms with van der Waals surface area (Å²) in [7, 11) is 0. The minimum absolute atomic E-state index is 0.000953. The molecule has 0 aliphatic heterocycles. The van der Waals surface area contributed by atoms with Crippen LogP contribution in [0.5, 0.6) is 0 Å². The first-order chi connectivity index (χ1) is 12.5. The highest BCUT2D eigenvalue weighted by atomic mass is 16.2. The lowest BCUT2D eigenvalue weighted by atomic mass is 10.1. The standard InChI is InChI=1S/C19H17N5O2/c1-12(25)22-14-7-8-15-16(9-10-21-17(15)11-14)18(26)24-19(20)23-13-5-3-2-4-6-13/h2-11H,1H3,(H,22,25)(H3,20,23,24,26). The lowest BCUT2D eigenvalue weighted by molar-refractivity contribution is -0.114. The zero-order valence-electron chi connectivity index (χ0n) is 14.1. The number of carbonyl (C=O) groups is 2. The molecule has 0 unspecified atom stereocenters. The van der Waals surface area contributed by atoms with Gasteiger partial charge < -0.3 is 11.1 Å². The van der Waals surface area contributed by atoms with Crippen molar-refractivity contribution >= 4 is 40.1 Å². The number of hydrogen-bond acceptors (Lipinski definition) is 4.